The number of nitrogens with two attached hydrogens (primary N) is 1. The van der Waals surface area contributed by atoms with Gasteiger partial charge in [0.25, 0.3) is 0 Å². The molecule has 2 aromatic rings. The highest BCUT2D eigenvalue weighted by molar-refractivity contribution is 9.10. The minimum Gasteiger partial charge on any atom is -0.369 e. The van der Waals surface area contributed by atoms with Crippen molar-refractivity contribution in [3.8, 4) is 0 Å². The lowest BCUT2D eigenvalue weighted by atomic mass is 10.3. The van der Waals surface area contributed by atoms with Gasteiger partial charge in [-0.3, -0.25) is 4.79 Å². The first-order valence-corrected chi connectivity index (χ1v) is 10.5. The molecule has 0 spiro atoms. The number of nitrogens with zero attached hydrogens (tertiary/aromatic N) is 2. The summed E-state index contributed by atoms with van der Waals surface area (Å²) in [5, 5.41) is 14.0. The molecule has 9 nitrogen and oxygen atoms in total. The molecule has 0 bridgehead atoms. The van der Waals surface area contributed by atoms with Crippen molar-refractivity contribution in [1.82, 2.24) is 15.3 Å². The third-order valence-corrected chi connectivity index (χ3v) is 4.96. The number of carbonyl (C=O) groups is 1. The van der Waals surface area contributed by atoms with Gasteiger partial charge >= 0.3 is 0 Å². The van der Waals surface area contributed by atoms with Gasteiger partial charge < -0.3 is 16.0 Å². The Morgan fingerprint density at radius 1 is 1.19 bits per heavy atom. The van der Waals surface area contributed by atoms with E-state index in [1.54, 1.807) is 18.3 Å². The fourth-order valence-electron chi connectivity index (χ4n) is 2.13. The highest BCUT2D eigenvalue weighted by Crippen LogP contribution is 2.22. The lowest BCUT2D eigenvalue weighted by Crippen LogP contribution is -2.21. The largest absolute Gasteiger partial charge is 0.369 e. The molecule has 11 heteroatoms. The number of rotatable bonds is 9. The van der Waals surface area contributed by atoms with Crippen LogP contribution in [0.3, 0.4) is 0 Å². The monoisotopic (exact) mass is 456 g/mol. The summed E-state index contributed by atoms with van der Waals surface area (Å²) in [6, 6.07) is 5.98. The number of hydrogen-bond donors (Lipinski definition) is 4. The number of anilines is 3. The van der Waals surface area contributed by atoms with E-state index in [-0.39, 0.29) is 10.8 Å². The molecule has 0 atom stereocenters. The fraction of sp³-hybridized carbons (Fsp3) is 0.312. The molecule has 1 heterocycles. The third-order valence-electron chi connectivity index (χ3n) is 3.45. The van der Waals surface area contributed by atoms with E-state index in [9.17, 15) is 13.2 Å². The summed E-state index contributed by atoms with van der Waals surface area (Å²) in [4.78, 5) is 19.4. The number of carbonyl (C=O) groups excluding carboxylic acids is 1. The van der Waals surface area contributed by atoms with Gasteiger partial charge in [0.15, 0.2) is 0 Å². The molecule has 0 aliphatic carbocycles. The van der Waals surface area contributed by atoms with E-state index in [0.717, 1.165) is 17.3 Å². The molecule has 5 N–H and O–H groups in total. The molecule has 0 saturated heterocycles. The van der Waals surface area contributed by atoms with Gasteiger partial charge in [-0.05, 0) is 53.0 Å². The van der Waals surface area contributed by atoms with E-state index in [0.29, 0.717) is 30.5 Å². The first-order valence-electron chi connectivity index (χ1n) is 8.16. The van der Waals surface area contributed by atoms with Crippen LogP contribution < -0.4 is 21.1 Å². The fourth-order valence-corrected chi connectivity index (χ4v) is 2.98. The van der Waals surface area contributed by atoms with Gasteiger partial charge in [0, 0.05) is 31.9 Å². The molecule has 2 rings (SSSR count). The quantitative estimate of drug-likeness (QED) is 0.422. The van der Waals surface area contributed by atoms with Gasteiger partial charge in [0.2, 0.25) is 21.9 Å². The van der Waals surface area contributed by atoms with Gasteiger partial charge in [-0.25, -0.2) is 18.5 Å². The van der Waals surface area contributed by atoms with Crippen molar-refractivity contribution >= 4 is 49.3 Å². The van der Waals surface area contributed by atoms with Crippen LogP contribution in [0.5, 0.6) is 0 Å². The summed E-state index contributed by atoms with van der Waals surface area (Å²) in [7, 11) is -3.73. The average Bonchev–Trinajstić information content (AvgIpc) is 2.60. The molecule has 0 radical (unpaired) electrons. The third kappa shape index (κ3) is 7.12. The maximum atomic E-state index is 11.3. The zero-order valence-electron chi connectivity index (χ0n) is 14.7. The maximum absolute atomic E-state index is 11.3. The number of primary sulfonamides is 1. The van der Waals surface area contributed by atoms with Gasteiger partial charge in [0.1, 0.15) is 5.82 Å². The summed E-state index contributed by atoms with van der Waals surface area (Å²) in [5.74, 6) is 0.963. The SMILES string of the molecule is CC(=O)NCCCCNc1nc(Nc2ccc(S(N)(=O)=O)cc2)ncc1Br. The van der Waals surface area contributed by atoms with Gasteiger partial charge in [-0.2, -0.15) is 4.98 Å². The van der Waals surface area contributed by atoms with Crippen molar-refractivity contribution in [2.45, 2.75) is 24.7 Å². The zero-order chi connectivity index (χ0) is 19.9. The molecule has 0 saturated carbocycles. The van der Waals surface area contributed by atoms with Crippen LogP contribution >= 0.6 is 15.9 Å². The van der Waals surface area contributed by atoms with Crippen LogP contribution in [0.4, 0.5) is 17.5 Å². The number of halogens is 1. The van der Waals surface area contributed by atoms with Crippen molar-refractivity contribution in [2.24, 2.45) is 5.14 Å². The van der Waals surface area contributed by atoms with Crippen LogP contribution in [-0.4, -0.2) is 37.4 Å². The maximum Gasteiger partial charge on any atom is 0.238 e. The van der Waals surface area contributed by atoms with Crippen LogP contribution in [-0.2, 0) is 14.8 Å². The van der Waals surface area contributed by atoms with Crippen molar-refractivity contribution in [3.63, 3.8) is 0 Å². The summed E-state index contributed by atoms with van der Waals surface area (Å²) in [6.45, 7) is 2.83. The molecular formula is C16H21BrN6O3S. The minimum atomic E-state index is -3.73. The van der Waals surface area contributed by atoms with E-state index >= 15 is 0 Å². The molecule has 0 fully saturated rings. The van der Waals surface area contributed by atoms with E-state index in [1.165, 1.54) is 19.1 Å². The van der Waals surface area contributed by atoms with Crippen molar-refractivity contribution in [2.75, 3.05) is 23.7 Å². The molecular weight excluding hydrogens is 436 g/mol. The average molecular weight is 457 g/mol. The molecule has 1 aromatic heterocycles. The number of nitrogens with one attached hydrogen (secondary N) is 3. The standard InChI is InChI=1S/C16H21BrN6O3S/c1-11(24)19-8-2-3-9-20-15-14(17)10-21-16(23-15)22-12-4-6-13(7-5-12)27(18,25)26/h4-7,10H,2-3,8-9H2,1H3,(H,19,24)(H2,18,25,26)(H2,20,21,22,23). The normalized spacial score (nSPS) is 11.1. The molecule has 1 aromatic carbocycles. The Morgan fingerprint density at radius 3 is 2.48 bits per heavy atom. The van der Waals surface area contributed by atoms with Crippen molar-refractivity contribution in [3.05, 3.63) is 34.9 Å². The summed E-state index contributed by atoms with van der Waals surface area (Å²) in [5.41, 5.74) is 0.631. The first-order chi connectivity index (χ1) is 12.8. The molecule has 146 valence electrons. The number of benzene rings is 1. The Hall–Kier alpha value is -2.24. The number of unbranched alkanes of at least 4 members (excludes halogenated alkanes) is 1. The molecule has 1 amide bonds. The van der Waals surface area contributed by atoms with Crippen LogP contribution in [0, 0.1) is 0 Å². The lowest BCUT2D eigenvalue weighted by molar-refractivity contribution is -0.118. The minimum absolute atomic E-state index is 0.0330. The second-order valence-corrected chi connectivity index (χ2v) is 8.12. The van der Waals surface area contributed by atoms with Gasteiger partial charge in [-0.1, -0.05) is 0 Å². The van der Waals surface area contributed by atoms with Crippen LogP contribution in [0.15, 0.2) is 39.8 Å². The van der Waals surface area contributed by atoms with Crippen molar-refractivity contribution in [1.29, 1.82) is 0 Å². The van der Waals surface area contributed by atoms with Gasteiger partial charge in [-0.15, -0.1) is 0 Å². The lowest BCUT2D eigenvalue weighted by Gasteiger charge is -2.10. The molecule has 0 aliphatic rings. The number of hydrogen-bond acceptors (Lipinski definition) is 7. The van der Waals surface area contributed by atoms with E-state index < -0.39 is 10.0 Å². The van der Waals surface area contributed by atoms with E-state index in [1.807, 2.05) is 0 Å². The van der Waals surface area contributed by atoms with Crippen LogP contribution in [0.2, 0.25) is 0 Å². The Bertz CT molecular complexity index is 890. The highest BCUT2D eigenvalue weighted by atomic mass is 79.9. The van der Waals surface area contributed by atoms with E-state index in [2.05, 4.69) is 41.8 Å². The van der Waals surface area contributed by atoms with Crippen molar-refractivity contribution < 1.29 is 13.2 Å². The topological polar surface area (TPSA) is 139 Å². The Morgan fingerprint density at radius 2 is 1.85 bits per heavy atom. The zero-order valence-corrected chi connectivity index (χ0v) is 17.1. The second-order valence-electron chi connectivity index (χ2n) is 5.70. The molecule has 0 aliphatic heterocycles. The Kier molecular flexibility index (Phi) is 7.51. The summed E-state index contributed by atoms with van der Waals surface area (Å²) in [6.07, 6.45) is 3.35. The van der Waals surface area contributed by atoms with Gasteiger partial charge in [0.05, 0.1) is 9.37 Å². The predicted molar refractivity (Wildman–Crippen MR) is 107 cm³/mol. The summed E-state index contributed by atoms with van der Waals surface area (Å²) < 4.78 is 23.3. The van der Waals surface area contributed by atoms with E-state index in [4.69, 9.17) is 5.14 Å². The molecule has 0 unspecified atom stereocenters. The van der Waals surface area contributed by atoms with Crippen LogP contribution in [0.25, 0.3) is 0 Å². The first kappa shape index (κ1) is 21.1. The smallest absolute Gasteiger partial charge is 0.238 e. The van der Waals surface area contributed by atoms with Crippen LogP contribution in [0.1, 0.15) is 19.8 Å². The predicted octanol–water partition coefficient (Wildman–Crippen LogP) is 1.96. The highest BCUT2D eigenvalue weighted by Gasteiger charge is 2.08. The Balaban J connectivity index is 1.93. The number of aromatic nitrogens is 2. The number of sulfonamides is 1. The number of amides is 1. The Labute approximate surface area is 166 Å². The molecule has 27 heavy (non-hydrogen) atoms. The second kappa shape index (κ2) is 9.62. The summed E-state index contributed by atoms with van der Waals surface area (Å²) >= 11 is 3.40.